The van der Waals surface area contributed by atoms with E-state index < -0.39 is 17.4 Å². The summed E-state index contributed by atoms with van der Waals surface area (Å²) in [6.45, 7) is 16.7. The van der Waals surface area contributed by atoms with Gasteiger partial charge >= 0.3 is 315 Å². The molecule has 1 fully saturated rings. The monoisotopic (exact) mass is 840 g/mol. The predicted molar refractivity (Wildman–Crippen MR) is 239 cm³/mol. The van der Waals surface area contributed by atoms with Crippen LogP contribution in [0, 0.1) is 5.92 Å². The summed E-state index contributed by atoms with van der Waals surface area (Å²) in [6, 6.07) is 33.7. The third kappa shape index (κ3) is 7.88. The summed E-state index contributed by atoms with van der Waals surface area (Å²) in [7, 11) is 0. The minimum Gasteiger partial charge on any atom is -0.147 e. The summed E-state index contributed by atoms with van der Waals surface area (Å²) in [6.07, 6.45) is 15.8. The Morgan fingerprint density at radius 3 is 1.75 bits per heavy atom. The van der Waals surface area contributed by atoms with E-state index in [0.29, 0.717) is 13.2 Å². The molecule has 0 bridgehead atoms. The van der Waals surface area contributed by atoms with Gasteiger partial charge in [0.2, 0.25) is 0 Å². The van der Waals surface area contributed by atoms with E-state index in [0.717, 1.165) is 12.3 Å². The summed E-state index contributed by atoms with van der Waals surface area (Å²) >= 11 is -3.75. The maximum absolute atomic E-state index is 3.75. The van der Waals surface area contributed by atoms with Gasteiger partial charge in [-0.1, -0.05) is 0 Å². The van der Waals surface area contributed by atoms with Gasteiger partial charge in [0.05, 0.1) is 0 Å². The quantitative estimate of drug-likeness (QED) is 0.147. The zero-order valence-corrected chi connectivity index (χ0v) is 39.2. The molecule has 53 heavy (non-hydrogen) atoms. The Morgan fingerprint density at radius 2 is 1.23 bits per heavy atom. The molecule has 3 aliphatic carbocycles. The Morgan fingerprint density at radius 1 is 0.698 bits per heavy atom. The molecule has 0 nitrogen and oxygen atoms in total. The van der Waals surface area contributed by atoms with Crippen molar-refractivity contribution in [3.8, 4) is 22.3 Å². The van der Waals surface area contributed by atoms with Crippen molar-refractivity contribution in [1.82, 2.24) is 0 Å². The topological polar surface area (TPSA) is 0 Å². The Balaban J connectivity index is 0.00000271. The second-order valence-electron chi connectivity index (χ2n) is 18.6. The molecule has 4 aromatic carbocycles. The van der Waals surface area contributed by atoms with Crippen molar-refractivity contribution in [2.45, 2.75) is 121 Å². The average Bonchev–Trinajstić information content (AvgIpc) is 3.73. The van der Waals surface area contributed by atoms with Crippen LogP contribution in [0.1, 0.15) is 139 Å². The number of hydrogen-bond acceptors (Lipinski definition) is 0. The second kappa shape index (κ2) is 16.3. The number of halogens is 2. The standard InChI is InChI=1S/C24H29.C23H25.2CH3.2ClH.H2Si.Zr/c1-6-8-17(2)20-15-19-9-7-10-22(23(19)16-20)18-11-13-21(14-12-18)24(3,4)5;1-2-17-15-21-9-6-10-22(23(21)16-17)20-13-11-19(12-14-20)18-7-4-3-5-8-18;;;;;;/h7,9-17H,6,8H2,1-5H3;6,9-16,18H,2-5,7-8H2,1H3;2*1H3;2*1H;1H2;. The number of rotatable bonds is 9. The van der Waals surface area contributed by atoms with Crippen molar-refractivity contribution in [3.05, 3.63) is 129 Å². The summed E-state index contributed by atoms with van der Waals surface area (Å²) in [5, 5.41) is 0. The molecule has 0 aliphatic heterocycles. The van der Waals surface area contributed by atoms with Crippen LogP contribution < -0.4 is 0 Å². The first-order valence-electron chi connectivity index (χ1n) is 20.3. The zero-order valence-electron chi connectivity index (χ0n) is 33.7. The van der Waals surface area contributed by atoms with Crippen molar-refractivity contribution in [2.24, 2.45) is 5.92 Å². The van der Waals surface area contributed by atoms with Crippen LogP contribution in [-0.4, -0.2) is 6.88 Å². The molecule has 0 aromatic heterocycles. The molecule has 4 heteroatoms. The van der Waals surface area contributed by atoms with Crippen molar-refractivity contribution in [2.75, 3.05) is 0 Å². The Kier molecular flexibility index (Phi) is 12.9. The maximum atomic E-state index is 2.83. The number of allylic oxidation sites excluding steroid dienone is 2. The summed E-state index contributed by atoms with van der Waals surface area (Å²) in [5.74, 6) is 1.32. The molecule has 4 aromatic rings. The molecule has 0 amide bonds. The van der Waals surface area contributed by atoms with Crippen LogP contribution in [0.25, 0.3) is 34.4 Å². The van der Waals surface area contributed by atoms with Gasteiger partial charge in [0, 0.05) is 0 Å². The maximum Gasteiger partial charge on any atom is -0.147 e. The van der Waals surface area contributed by atoms with Crippen molar-refractivity contribution >= 4 is 43.8 Å². The molecule has 3 unspecified atom stereocenters. The third-order valence-corrected chi connectivity index (χ3v) is 30.6. The Bertz CT molecular complexity index is 2050. The van der Waals surface area contributed by atoms with E-state index in [9.17, 15) is 0 Å². The smallest absolute Gasteiger partial charge is 0.147 e. The second-order valence-corrected chi connectivity index (χ2v) is 49.1. The summed E-state index contributed by atoms with van der Waals surface area (Å²) in [4.78, 5) is 0. The van der Waals surface area contributed by atoms with Crippen molar-refractivity contribution < 1.29 is 17.4 Å². The molecule has 3 aliphatic rings. The molecule has 0 saturated heterocycles. The normalized spacial score (nSPS) is 19.3. The minimum absolute atomic E-state index is 0. The first-order valence-corrected chi connectivity index (χ1v) is 33.9. The van der Waals surface area contributed by atoms with Gasteiger partial charge in [-0.15, -0.1) is 24.8 Å². The van der Waals surface area contributed by atoms with E-state index in [4.69, 9.17) is 0 Å². The van der Waals surface area contributed by atoms with E-state index >= 15 is 0 Å². The minimum atomic E-state index is -3.75. The average molecular weight is 843 g/mol. The van der Waals surface area contributed by atoms with Crippen LogP contribution in [0.2, 0.25) is 9.26 Å². The molecule has 1 saturated carbocycles. The van der Waals surface area contributed by atoms with Crippen LogP contribution >= 0.6 is 24.8 Å². The van der Waals surface area contributed by atoms with Crippen LogP contribution in [0.3, 0.4) is 0 Å². The fourth-order valence-electron chi connectivity index (χ4n) is 10.6. The van der Waals surface area contributed by atoms with Gasteiger partial charge in [-0.05, 0) is 0 Å². The van der Waals surface area contributed by atoms with Gasteiger partial charge in [0.1, 0.15) is 0 Å². The number of hydrogen-bond donors (Lipinski definition) is 0. The SMILES string of the molecule is CCCC(C)C1=Cc2c(-c3ccc(C(C)(C)C)cc3)cccc2[CH]1[Zr]([CH3])([CH3])(=[SiH2])[CH]1C(CC)=Cc2c(-c3ccc(C4CCCCC4)cc3)cccc21.Cl.Cl. The van der Waals surface area contributed by atoms with E-state index in [1.54, 1.807) is 27.8 Å². The molecule has 282 valence electrons. The first-order chi connectivity index (χ1) is 24.3. The van der Waals surface area contributed by atoms with Crippen LogP contribution in [0.15, 0.2) is 96.1 Å². The zero-order chi connectivity index (χ0) is 36.2. The van der Waals surface area contributed by atoms with E-state index in [-0.39, 0.29) is 30.2 Å². The number of benzene rings is 4. The number of fused-ring (bicyclic) bond motifs is 2. The van der Waals surface area contributed by atoms with Gasteiger partial charge in [-0.3, -0.25) is 0 Å². The van der Waals surface area contributed by atoms with Crippen LogP contribution in [0.5, 0.6) is 0 Å². The van der Waals surface area contributed by atoms with Gasteiger partial charge in [-0.25, -0.2) is 0 Å². The van der Waals surface area contributed by atoms with E-state index in [1.807, 2.05) is 0 Å². The van der Waals surface area contributed by atoms with Gasteiger partial charge in [-0.2, -0.15) is 0 Å². The van der Waals surface area contributed by atoms with Crippen molar-refractivity contribution in [1.29, 1.82) is 0 Å². The molecular formula is C49H64Cl2SiZr. The van der Waals surface area contributed by atoms with E-state index in [1.165, 1.54) is 83.9 Å². The molecule has 0 N–H and O–H groups in total. The van der Waals surface area contributed by atoms with E-state index in [2.05, 4.69) is 155 Å². The molecular weight excluding hydrogens is 779 g/mol. The Hall–Kier alpha value is -1.96. The van der Waals surface area contributed by atoms with Gasteiger partial charge < -0.3 is 0 Å². The molecule has 7 rings (SSSR count). The van der Waals surface area contributed by atoms with Crippen LogP contribution in [0.4, 0.5) is 0 Å². The van der Waals surface area contributed by atoms with Crippen molar-refractivity contribution in [3.63, 3.8) is 0 Å². The summed E-state index contributed by atoms with van der Waals surface area (Å²) in [5.41, 5.74) is 18.2. The molecule has 0 heterocycles. The molecule has 3 atom stereocenters. The summed E-state index contributed by atoms with van der Waals surface area (Å²) < 4.78 is 6.71. The largest absolute Gasteiger partial charge is 0.147 e. The molecule has 0 spiro atoms. The fraction of sp³-hybridized carbons (Fsp3) is 0.429. The van der Waals surface area contributed by atoms with Crippen LogP contribution in [-0.2, 0) is 22.8 Å². The fourth-order valence-corrected chi connectivity index (χ4v) is 30.5. The third-order valence-electron chi connectivity index (χ3n) is 13.2. The van der Waals surface area contributed by atoms with Gasteiger partial charge in [0.15, 0.2) is 0 Å². The van der Waals surface area contributed by atoms with Gasteiger partial charge in [0.25, 0.3) is 0 Å². The Labute approximate surface area is 337 Å². The predicted octanol–water partition coefficient (Wildman–Crippen LogP) is 15.0. The first kappa shape index (κ1) is 42.2. The molecule has 0 radical (unpaired) electrons.